The van der Waals surface area contributed by atoms with E-state index in [1.807, 2.05) is 95.8 Å². The third kappa shape index (κ3) is 5.55. The van der Waals surface area contributed by atoms with Gasteiger partial charge in [0.25, 0.3) is 0 Å². The van der Waals surface area contributed by atoms with E-state index in [-0.39, 0.29) is 6.42 Å². The largest absolute Gasteiger partial charge is 0.487 e. The smallest absolute Gasteiger partial charge is 0.303 e. The maximum atomic E-state index is 11.1. The second-order valence-corrected chi connectivity index (χ2v) is 8.39. The summed E-state index contributed by atoms with van der Waals surface area (Å²) >= 11 is 0. The Labute approximate surface area is 203 Å². The van der Waals surface area contributed by atoms with E-state index >= 15 is 0 Å². The summed E-state index contributed by atoms with van der Waals surface area (Å²) in [5, 5.41) is 15.0. The fourth-order valence-electron chi connectivity index (χ4n) is 4.03. The molecule has 3 aromatic carbocycles. The molecule has 5 rings (SSSR count). The summed E-state index contributed by atoms with van der Waals surface area (Å²) in [7, 11) is 0. The van der Waals surface area contributed by atoms with E-state index in [2.05, 4.69) is 11.1 Å². The van der Waals surface area contributed by atoms with Gasteiger partial charge in [-0.2, -0.15) is 5.10 Å². The van der Waals surface area contributed by atoms with Crippen LogP contribution in [0.4, 0.5) is 0 Å². The molecule has 0 amide bonds. The topological polar surface area (TPSA) is 77.2 Å². The van der Waals surface area contributed by atoms with Crippen LogP contribution < -0.4 is 4.74 Å². The molecular weight excluding hydrogens is 438 g/mol. The average molecular weight is 464 g/mol. The molecule has 35 heavy (non-hydrogen) atoms. The fourth-order valence-corrected chi connectivity index (χ4v) is 4.03. The minimum Gasteiger partial charge on any atom is -0.487 e. The number of aromatic nitrogens is 3. The van der Waals surface area contributed by atoms with Gasteiger partial charge in [-0.25, -0.2) is 4.98 Å². The molecule has 0 radical (unpaired) electrons. The van der Waals surface area contributed by atoms with Crippen molar-refractivity contribution in [2.75, 3.05) is 0 Å². The van der Waals surface area contributed by atoms with Crippen molar-refractivity contribution >= 4 is 16.9 Å². The van der Waals surface area contributed by atoms with E-state index in [9.17, 15) is 4.79 Å². The molecule has 0 aliphatic heterocycles. The fraction of sp³-hybridized carbons (Fsp3) is 0.138. The Morgan fingerprint density at radius 1 is 0.886 bits per heavy atom. The summed E-state index contributed by atoms with van der Waals surface area (Å²) < 4.78 is 7.81. The van der Waals surface area contributed by atoms with Gasteiger partial charge in [0.2, 0.25) is 0 Å². The van der Waals surface area contributed by atoms with Crippen LogP contribution in [-0.4, -0.2) is 25.8 Å². The van der Waals surface area contributed by atoms with Crippen molar-refractivity contribution in [1.82, 2.24) is 14.8 Å². The lowest BCUT2D eigenvalue weighted by molar-refractivity contribution is -0.136. The Hall–Kier alpha value is -4.45. The van der Waals surface area contributed by atoms with Crippen molar-refractivity contribution < 1.29 is 14.6 Å². The predicted octanol–water partition coefficient (Wildman–Crippen LogP) is 5.74. The first kappa shape index (κ1) is 22.3. The number of hydrogen-bond acceptors (Lipinski definition) is 4. The summed E-state index contributed by atoms with van der Waals surface area (Å²) in [6, 6.07) is 29.9. The molecule has 2 heterocycles. The van der Waals surface area contributed by atoms with Crippen LogP contribution in [0, 0.1) is 0 Å². The molecule has 0 fully saturated rings. The minimum absolute atomic E-state index is 0.0730. The maximum absolute atomic E-state index is 11.1. The zero-order valence-electron chi connectivity index (χ0n) is 19.2. The van der Waals surface area contributed by atoms with Crippen LogP contribution in [-0.2, 0) is 24.4 Å². The highest BCUT2D eigenvalue weighted by molar-refractivity contribution is 5.78. The standard InChI is InChI=1S/C29H25N3O3/c33-28(34)17-13-24-19-32(31-29(24)23-7-2-1-3-8-23)18-21-10-15-26(16-11-21)35-20-25-14-12-22-6-4-5-9-27(22)30-25/h1-12,14-16,19H,13,17-18,20H2,(H,33,34). The number of carboxylic acids is 1. The number of fused-ring (bicyclic) bond motifs is 1. The zero-order chi connectivity index (χ0) is 24.0. The zero-order valence-corrected chi connectivity index (χ0v) is 19.2. The molecule has 0 saturated carbocycles. The van der Waals surface area contributed by atoms with Crippen molar-refractivity contribution in [1.29, 1.82) is 0 Å². The number of hydrogen-bond donors (Lipinski definition) is 1. The van der Waals surface area contributed by atoms with E-state index in [1.165, 1.54) is 0 Å². The van der Waals surface area contributed by atoms with Crippen LogP contribution in [0.1, 0.15) is 23.2 Å². The number of aryl methyl sites for hydroxylation is 1. The number of pyridine rings is 1. The Bertz CT molecular complexity index is 1440. The van der Waals surface area contributed by atoms with Gasteiger partial charge < -0.3 is 9.84 Å². The predicted molar refractivity (Wildman–Crippen MR) is 135 cm³/mol. The molecule has 0 atom stereocenters. The molecular formula is C29H25N3O3. The molecule has 1 N–H and O–H groups in total. The SMILES string of the molecule is O=C(O)CCc1cn(Cc2ccc(OCc3ccc4ccccc4n3)cc2)nc1-c1ccccc1. The first-order valence-corrected chi connectivity index (χ1v) is 11.5. The quantitative estimate of drug-likeness (QED) is 0.301. The lowest BCUT2D eigenvalue weighted by atomic mass is 10.0. The van der Waals surface area contributed by atoms with Gasteiger partial charge in [0.15, 0.2) is 0 Å². The van der Waals surface area contributed by atoms with Crippen LogP contribution in [0.2, 0.25) is 0 Å². The van der Waals surface area contributed by atoms with E-state index in [0.717, 1.165) is 44.7 Å². The molecule has 174 valence electrons. The molecule has 0 saturated heterocycles. The van der Waals surface area contributed by atoms with Gasteiger partial charge in [-0.1, -0.05) is 66.7 Å². The van der Waals surface area contributed by atoms with Gasteiger partial charge in [-0.15, -0.1) is 0 Å². The van der Waals surface area contributed by atoms with Crippen LogP contribution in [0.15, 0.2) is 97.2 Å². The lowest BCUT2D eigenvalue weighted by Crippen LogP contribution is -2.01. The van der Waals surface area contributed by atoms with Crippen molar-refractivity contribution in [2.45, 2.75) is 26.0 Å². The van der Waals surface area contributed by atoms with Gasteiger partial charge in [0.05, 0.1) is 23.4 Å². The van der Waals surface area contributed by atoms with Gasteiger partial charge in [-0.05, 0) is 41.8 Å². The third-order valence-electron chi connectivity index (χ3n) is 5.80. The molecule has 2 aromatic heterocycles. The summed E-state index contributed by atoms with van der Waals surface area (Å²) in [6.07, 6.45) is 2.46. The van der Waals surface area contributed by atoms with E-state index in [4.69, 9.17) is 14.9 Å². The van der Waals surface area contributed by atoms with Crippen LogP contribution in [0.3, 0.4) is 0 Å². The highest BCUT2D eigenvalue weighted by Crippen LogP contribution is 2.24. The van der Waals surface area contributed by atoms with Crippen molar-refractivity contribution in [3.05, 3.63) is 114 Å². The van der Waals surface area contributed by atoms with Gasteiger partial charge in [0, 0.05) is 23.6 Å². The number of carbonyl (C=O) groups is 1. The lowest BCUT2D eigenvalue weighted by Gasteiger charge is -2.08. The molecule has 0 aliphatic carbocycles. The molecule has 6 nitrogen and oxygen atoms in total. The normalized spacial score (nSPS) is 11.0. The number of carboxylic acid groups (broad SMARTS) is 1. The maximum Gasteiger partial charge on any atom is 0.303 e. The molecule has 0 unspecified atom stereocenters. The van der Waals surface area contributed by atoms with Gasteiger partial charge in [0.1, 0.15) is 12.4 Å². The molecule has 5 aromatic rings. The monoisotopic (exact) mass is 463 g/mol. The number of benzene rings is 3. The van der Waals surface area contributed by atoms with Crippen LogP contribution in [0.25, 0.3) is 22.2 Å². The number of ether oxygens (including phenoxy) is 1. The Kier molecular flexibility index (Phi) is 6.52. The summed E-state index contributed by atoms with van der Waals surface area (Å²) in [4.78, 5) is 15.8. The van der Waals surface area contributed by atoms with Gasteiger partial charge in [-0.3, -0.25) is 9.48 Å². The first-order chi connectivity index (χ1) is 17.1. The van der Waals surface area contributed by atoms with Crippen molar-refractivity contribution in [3.8, 4) is 17.0 Å². The van der Waals surface area contributed by atoms with Crippen LogP contribution >= 0.6 is 0 Å². The summed E-state index contributed by atoms with van der Waals surface area (Å²) in [5.74, 6) is -0.0393. The number of para-hydroxylation sites is 1. The first-order valence-electron chi connectivity index (χ1n) is 11.5. The van der Waals surface area contributed by atoms with Crippen molar-refractivity contribution in [2.24, 2.45) is 0 Å². The molecule has 0 bridgehead atoms. The second-order valence-electron chi connectivity index (χ2n) is 8.39. The Balaban J connectivity index is 1.26. The number of aliphatic carboxylic acids is 1. The molecule has 6 heteroatoms. The van der Waals surface area contributed by atoms with E-state index in [0.29, 0.717) is 19.6 Å². The summed E-state index contributed by atoms with van der Waals surface area (Å²) in [5.41, 5.74) is 5.66. The average Bonchev–Trinajstić information content (AvgIpc) is 3.30. The molecule has 0 spiro atoms. The Morgan fingerprint density at radius 3 is 2.46 bits per heavy atom. The number of rotatable bonds is 9. The third-order valence-corrected chi connectivity index (χ3v) is 5.80. The van der Waals surface area contributed by atoms with Crippen LogP contribution in [0.5, 0.6) is 5.75 Å². The minimum atomic E-state index is -0.814. The Morgan fingerprint density at radius 2 is 1.66 bits per heavy atom. The second kappa shape index (κ2) is 10.2. The summed E-state index contributed by atoms with van der Waals surface area (Å²) in [6.45, 7) is 0.982. The van der Waals surface area contributed by atoms with E-state index < -0.39 is 5.97 Å². The number of nitrogens with zero attached hydrogens (tertiary/aromatic N) is 3. The van der Waals surface area contributed by atoms with E-state index in [1.54, 1.807) is 0 Å². The highest BCUT2D eigenvalue weighted by atomic mass is 16.5. The van der Waals surface area contributed by atoms with Gasteiger partial charge >= 0.3 is 5.97 Å². The molecule has 0 aliphatic rings. The highest BCUT2D eigenvalue weighted by Gasteiger charge is 2.13. The van der Waals surface area contributed by atoms with Crippen molar-refractivity contribution in [3.63, 3.8) is 0 Å².